The molecular weight excluding hydrogens is 793 g/mol. The van der Waals surface area contributed by atoms with Crippen molar-refractivity contribution in [3.63, 3.8) is 0 Å². The zero-order valence-corrected chi connectivity index (χ0v) is 37.9. The molecule has 12 rings (SSSR count). The Morgan fingerprint density at radius 2 is 0.470 bits per heavy atom. The first-order chi connectivity index (χ1) is 32.4. The summed E-state index contributed by atoms with van der Waals surface area (Å²) in [6.07, 6.45) is 0. The molecule has 0 amide bonds. The first-order valence-electron chi connectivity index (χ1n) is 23.5. The maximum atomic E-state index is 2.47. The van der Waals surface area contributed by atoms with E-state index in [2.05, 4.69) is 246 Å². The highest BCUT2D eigenvalue weighted by molar-refractivity contribution is 6.26. The molecule has 0 heterocycles. The molecule has 12 aromatic rings. The van der Waals surface area contributed by atoms with Crippen LogP contribution in [0.4, 0.5) is 0 Å². The number of hydrogen-bond donors (Lipinski definition) is 0. The van der Waals surface area contributed by atoms with Gasteiger partial charge in [0.2, 0.25) is 0 Å². The number of benzene rings is 12. The lowest BCUT2D eigenvalue weighted by atomic mass is 9.84. The van der Waals surface area contributed by atoms with Gasteiger partial charge in [-0.2, -0.15) is 0 Å². The maximum absolute atomic E-state index is 2.47. The second kappa shape index (κ2) is 16.0. The highest BCUT2D eigenvalue weighted by atomic mass is 14.2. The van der Waals surface area contributed by atoms with E-state index in [0.29, 0.717) is 11.8 Å². The summed E-state index contributed by atoms with van der Waals surface area (Å²) >= 11 is 0. The highest BCUT2D eigenvalue weighted by Crippen LogP contribution is 2.46. The van der Waals surface area contributed by atoms with Gasteiger partial charge in [-0.25, -0.2) is 0 Å². The van der Waals surface area contributed by atoms with Gasteiger partial charge in [-0.3, -0.25) is 0 Å². The van der Waals surface area contributed by atoms with E-state index in [9.17, 15) is 0 Å². The van der Waals surface area contributed by atoms with E-state index in [1.165, 1.54) is 131 Å². The van der Waals surface area contributed by atoms with Crippen LogP contribution in [0.2, 0.25) is 0 Å². The van der Waals surface area contributed by atoms with Gasteiger partial charge in [-0.05, 0) is 180 Å². The summed E-state index contributed by atoms with van der Waals surface area (Å²) in [7, 11) is 0. The first-order valence-corrected chi connectivity index (χ1v) is 23.5. The standard InChI is InChI=1S/C66H50/c1-41(2)47-25-29-52-59(33-47)56(44-19-11-6-12-20-44)38-64-54-32-28-49(35-61(54)57(39-63(52)64)45-21-13-7-14-22-45)50-27-31-51-55(43-17-9-5-10-18-43)37-65-53-30-26-48(42(3)4)34-60(53)58(40-66(65)62(51)36-50)46-23-15-8-16-24-46/h5-42H,1-4H3. The van der Waals surface area contributed by atoms with Gasteiger partial charge >= 0.3 is 0 Å². The molecule has 314 valence electrons. The van der Waals surface area contributed by atoms with Gasteiger partial charge in [0.15, 0.2) is 0 Å². The molecule has 0 aromatic heterocycles. The fourth-order valence-electron chi connectivity index (χ4n) is 10.6. The molecule has 0 heteroatoms. The van der Waals surface area contributed by atoms with Crippen LogP contribution in [0.1, 0.15) is 50.7 Å². The summed E-state index contributed by atoms with van der Waals surface area (Å²) in [5.41, 5.74) is 15.1. The van der Waals surface area contributed by atoms with Crippen LogP contribution in [0.5, 0.6) is 0 Å². The summed E-state index contributed by atoms with van der Waals surface area (Å²) in [5.74, 6) is 0.864. The molecule has 0 N–H and O–H groups in total. The first kappa shape index (κ1) is 39.8. The van der Waals surface area contributed by atoms with Crippen LogP contribution in [0, 0.1) is 0 Å². The lowest BCUT2D eigenvalue weighted by Crippen LogP contribution is -1.93. The van der Waals surface area contributed by atoms with Gasteiger partial charge in [0, 0.05) is 0 Å². The van der Waals surface area contributed by atoms with Crippen molar-refractivity contribution in [1.29, 1.82) is 0 Å². The van der Waals surface area contributed by atoms with E-state index < -0.39 is 0 Å². The Hall–Kier alpha value is -7.80. The molecule has 0 aliphatic heterocycles. The Balaban J connectivity index is 1.15. The van der Waals surface area contributed by atoms with E-state index >= 15 is 0 Å². The molecule has 0 atom stereocenters. The van der Waals surface area contributed by atoms with Crippen molar-refractivity contribution in [3.05, 3.63) is 230 Å². The molecular formula is C66H50. The SMILES string of the molecule is CC(C)c1ccc2c(c1)c(-c1ccccc1)cc1c3ccc(-c4ccc5c(-c6ccccc6)cc6c7ccc(C(C)C)cc7c(-c7ccccc7)cc6c5c4)cc3c(-c3ccccc3)cc21. The van der Waals surface area contributed by atoms with Crippen LogP contribution in [0.25, 0.3) is 120 Å². The smallest absolute Gasteiger partial charge is 0.00921 e. The molecule has 66 heavy (non-hydrogen) atoms. The minimum atomic E-state index is 0.429. The summed E-state index contributed by atoms with van der Waals surface area (Å²) in [6, 6.07) is 82.2. The van der Waals surface area contributed by atoms with E-state index in [1.807, 2.05) is 0 Å². The molecule has 0 aliphatic carbocycles. The molecule has 0 spiro atoms. The normalized spacial score (nSPS) is 11.9. The van der Waals surface area contributed by atoms with Crippen molar-refractivity contribution in [2.24, 2.45) is 0 Å². The minimum Gasteiger partial charge on any atom is -0.0622 e. The Labute approximate surface area is 387 Å². The van der Waals surface area contributed by atoms with Crippen molar-refractivity contribution >= 4 is 64.6 Å². The number of rotatable bonds is 7. The van der Waals surface area contributed by atoms with E-state index in [0.717, 1.165) is 0 Å². The average molecular weight is 843 g/mol. The van der Waals surface area contributed by atoms with Crippen LogP contribution < -0.4 is 0 Å². The monoisotopic (exact) mass is 842 g/mol. The van der Waals surface area contributed by atoms with Gasteiger partial charge in [0.05, 0.1) is 0 Å². The summed E-state index contributed by atoms with van der Waals surface area (Å²) in [6.45, 7) is 9.15. The molecule has 12 aromatic carbocycles. The molecule has 0 fully saturated rings. The lowest BCUT2D eigenvalue weighted by molar-refractivity contribution is 0.869. The van der Waals surface area contributed by atoms with Crippen molar-refractivity contribution < 1.29 is 0 Å². The Morgan fingerprint density at radius 1 is 0.197 bits per heavy atom. The molecule has 0 saturated heterocycles. The van der Waals surface area contributed by atoms with E-state index in [-0.39, 0.29) is 0 Å². The minimum absolute atomic E-state index is 0.429. The van der Waals surface area contributed by atoms with Crippen LogP contribution in [0.3, 0.4) is 0 Å². The highest BCUT2D eigenvalue weighted by Gasteiger charge is 2.19. The fourth-order valence-corrected chi connectivity index (χ4v) is 10.6. The second-order valence-corrected chi connectivity index (χ2v) is 18.8. The van der Waals surface area contributed by atoms with Gasteiger partial charge in [-0.1, -0.05) is 210 Å². The molecule has 0 unspecified atom stereocenters. The Morgan fingerprint density at radius 3 is 0.833 bits per heavy atom. The van der Waals surface area contributed by atoms with Gasteiger partial charge in [0.1, 0.15) is 0 Å². The molecule has 0 nitrogen and oxygen atoms in total. The van der Waals surface area contributed by atoms with Crippen LogP contribution in [0.15, 0.2) is 218 Å². The summed E-state index contributed by atoms with van der Waals surface area (Å²) in [4.78, 5) is 0. The van der Waals surface area contributed by atoms with E-state index in [4.69, 9.17) is 0 Å². The zero-order valence-electron chi connectivity index (χ0n) is 37.9. The number of fused-ring (bicyclic) bond motifs is 10. The molecule has 0 radical (unpaired) electrons. The average Bonchev–Trinajstić information content (AvgIpc) is 3.37. The third-order valence-electron chi connectivity index (χ3n) is 14.2. The third kappa shape index (κ3) is 6.67. The molecule has 0 bridgehead atoms. The summed E-state index contributed by atoms with van der Waals surface area (Å²) < 4.78 is 0. The maximum Gasteiger partial charge on any atom is -0.00921 e. The number of hydrogen-bond acceptors (Lipinski definition) is 0. The van der Waals surface area contributed by atoms with Gasteiger partial charge in [0.25, 0.3) is 0 Å². The second-order valence-electron chi connectivity index (χ2n) is 18.8. The van der Waals surface area contributed by atoms with Crippen molar-refractivity contribution in [2.75, 3.05) is 0 Å². The van der Waals surface area contributed by atoms with Crippen LogP contribution in [-0.2, 0) is 0 Å². The molecule has 0 aliphatic rings. The topological polar surface area (TPSA) is 0 Å². The summed E-state index contributed by atoms with van der Waals surface area (Å²) in [5, 5.41) is 15.3. The third-order valence-corrected chi connectivity index (χ3v) is 14.2. The zero-order chi connectivity index (χ0) is 44.5. The fraction of sp³-hybridized carbons (Fsp3) is 0.0909. The van der Waals surface area contributed by atoms with Gasteiger partial charge in [-0.15, -0.1) is 0 Å². The van der Waals surface area contributed by atoms with Crippen LogP contribution >= 0.6 is 0 Å². The van der Waals surface area contributed by atoms with Crippen molar-refractivity contribution in [1.82, 2.24) is 0 Å². The predicted octanol–water partition coefficient (Wildman–Crippen LogP) is 19.2. The largest absolute Gasteiger partial charge is 0.0622 e. The Kier molecular flexibility index (Phi) is 9.65. The van der Waals surface area contributed by atoms with Gasteiger partial charge < -0.3 is 0 Å². The van der Waals surface area contributed by atoms with E-state index in [1.54, 1.807) is 0 Å². The van der Waals surface area contributed by atoms with Crippen LogP contribution in [-0.4, -0.2) is 0 Å². The van der Waals surface area contributed by atoms with Crippen molar-refractivity contribution in [2.45, 2.75) is 39.5 Å². The Bertz CT molecular complexity index is 3820. The predicted molar refractivity (Wildman–Crippen MR) is 287 cm³/mol. The molecule has 0 saturated carbocycles. The lowest BCUT2D eigenvalue weighted by Gasteiger charge is -2.19. The van der Waals surface area contributed by atoms with Crippen molar-refractivity contribution in [3.8, 4) is 55.6 Å². The quantitative estimate of drug-likeness (QED) is 0.140.